The number of aromatic nitrogens is 4. The number of nitrogen functional groups attached to an aromatic ring is 1. The van der Waals surface area contributed by atoms with E-state index in [-0.39, 0.29) is 30.3 Å². The fourth-order valence-corrected chi connectivity index (χ4v) is 3.92. The minimum absolute atomic E-state index is 0.0742. The number of anilines is 1. The number of benzene rings is 1. The minimum Gasteiger partial charge on any atom is -0.382 e. The van der Waals surface area contributed by atoms with Crippen molar-refractivity contribution in [2.24, 2.45) is 0 Å². The molecule has 2 N–H and O–H groups in total. The summed E-state index contributed by atoms with van der Waals surface area (Å²) in [6.07, 6.45) is 0.932. The molecule has 0 aliphatic carbocycles. The van der Waals surface area contributed by atoms with Crippen molar-refractivity contribution in [3.63, 3.8) is 0 Å². The van der Waals surface area contributed by atoms with Gasteiger partial charge in [-0.15, -0.1) is 0 Å². The van der Waals surface area contributed by atoms with E-state index in [1.807, 2.05) is 30.3 Å². The number of fused-ring (bicyclic) bond motifs is 1. The highest BCUT2D eigenvalue weighted by molar-refractivity contribution is 7.99. The van der Waals surface area contributed by atoms with E-state index in [1.165, 1.54) is 33.1 Å². The van der Waals surface area contributed by atoms with Gasteiger partial charge in [-0.1, -0.05) is 49.0 Å². The van der Waals surface area contributed by atoms with Crippen molar-refractivity contribution in [2.45, 2.75) is 32.0 Å². The summed E-state index contributed by atoms with van der Waals surface area (Å²) in [5.74, 6) is 0.771. The molecule has 0 fully saturated rings. The Morgan fingerprint density at radius 1 is 1.09 bits per heavy atom. The second kappa shape index (κ2) is 10.5. The SMILES string of the molecule is CCCSc1nc(N)c2c(n1)n(Cc1ccccc1)c(=O)n2C(=O)N(C)CCN(C)C(C)=O. The van der Waals surface area contributed by atoms with Crippen LogP contribution in [0.4, 0.5) is 10.6 Å². The number of imidazole rings is 1. The molecule has 2 amide bonds. The summed E-state index contributed by atoms with van der Waals surface area (Å²) < 4.78 is 2.47. The van der Waals surface area contributed by atoms with E-state index < -0.39 is 11.7 Å². The van der Waals surface area contributed by atoms with Crippen LogP contribution >= 0.6 is 11.8 Å². The number of rotatable bonds is 8. The van der Waals surface area contributed by atoms with Crippen molar-refractivity contribution in [3.05, 3.63) is 46.4 Å². The summed E-state index contributed by atoms with van der Waals surface area (Å²) >= 11 is 1.45. The van der Waals surface area contributed by atoms with Gasteiger partial charge in [0.2, 0.25) is 5.91 Å². The van der Waals surface area contributed by atoms with Crippen LogP contribution in [-0.2, 0) is 11.3 Å². The first-order valence-electron chi connectivity index (χ1n) is 10.7. The quantitative estimate of drug-likeness (QED) is 0.395. The summed E-state index contributed by atoms with van der Waals surface area (Å²) in [7, 11) is 3.23. The summed E-state index contributed by atoms with van der Waals surface area (Å²) in [4.78, 5) is 50.0. The predicted octanol–water partition coefficient (Wildman–Crippen LogP) is 2.10. The molecule has 11 heteroatoms. The van der Waals surface area contributed by atoms with Crippen LogP contribution in [0.15, 0.2) is 40.3 Å². The molecule has 0 unspecified atom stereocenters. The molecule has 0 atom stereocenters. The van der Waals surface area contributed by atoms with Gasteiger partial charge in [0.1, 0.15) is 5.52 Å². The lowest BCUT2D eigenvalue weighted by Gasteiger charge is -2.21. The third-order valence-electron chi connectivity index (χ3n) is 5.22. The van der Waals surface area contributed by atoms with Crippen molar-refractivity contribution >= 4 is 40.7 Å². The van der Waals surface area contributed by atoms with Gasteiger partial charge < -0.3 is 15.5 Å². The maximum Gasteiger partial charge on any atom is 0.339 e. The van der Waals surface area contributed by atoms with Gasteiger partial charge in [0.05, 0.1) is 6.54 Å². The average molecular weight is 472 g/mol. The minimum atomic E-state index is -0.557. The van der Waals surface area contributed by atoms with Gasteiger partial charge in [-0.2, -0.15) is 0 Å². The van der Waals surface area contributed by atoms with Crippen molar-refractivity contribution in [1.29, 1.82) is 0 Å². The van der Waals surface area contributed by atoms with Crippen LogP contribution < -0.4 is 11.4 Å². The maximum atomic E-state index is 13.4. The Kier molecular flexibility index (Phi) is 7.75. The van der Waals surface area contributed by atoms with Crippen LogP contribution in [-0.4, -0.2) is 73.8 Å². The van der Waals surface area contributed by atoms with Gasteiger partial charge in [-0.25, -0.2) is 24.1 Å². The smallest absolute Gasteiger partial charge is 0.339 e. The number of nitrogens with two attached hydrogens (primary N) is 1. The van der Waals surface area contributed by atoms with Crippen LogP contribution in [0.2, 0.25) is 0 Å². The second-order valence-corrected chi connectivity index (χ2v) is 8.81. The molecule has 1 aromatic carbocycles. The highest BCUT2D eigenvalue weighted by Gasteiger charge is 2.25. The van der Waals surface area contributed by atoms with Gasteiger partial charge in [0.15, 0.2) is 16.6 Å². The van der Waals surface area contributed by atoms with Crippen molar-refractivity contribution in [1.82, 2.24) is 28.9 Å². The first kappa shape index (κ1) is 24.3. The number of thioether (sulfide) groups is 1. The van der Waals surface area contributed by atoms with Gasteiger partial charge in [-0.3, -0.25) is 9.36 Å². The molecule has 33 heavy (non-hydrogen) atoms. The largest absolute Gasteiger partial charge is 0.382 e. The predicted molar refractivity (Wildman–Crippen MR) is 129 cm³/mol. The molecular formula is C22H29N7O3S. The molecule has 0 aliphatic heterocycles. The number of carbonyl (C=O) groups is 2. The summed E-state index contributed by atoms with van der Waals surface area (Å²) in [5, 5.41) is 0.463. The highest BCUT2D eigenvalue weighted by atomic mass is 32.2. The Balaban J connectivity index is 2.08. The Morgan fingerprint density at radius 3 is 2.39 bits per heavy atom. The highest BCUT2D eigenvalue weighted by Crippen LogP contribution is 2.23. The summed E-state index contributed by atoms with van der Waals surface area (Å²) in [6, 6.07) is 8.91. The molecular weight excluding hydrogens is 442 g/mol. The zero-order chi connectivity index (χ0) is 24.1. The lowest BCUT2D eigenvalue weighted by molar-refractivity contribution is -0.127. The lowest BCUT2D eigenvalue weighted by Crippen LogP contribution is -2.42. The van der Waals surface area contributed by atoms with Crippen LogP contribution in [0, 0.1) is 0 Å². The van der Waals surface area contributed by atoms with Crippen LogP contribution in [0.1, 0.15) is 25.8 Å². The fourth-order valence-electron chi connectivity index (χ4n) is 3.22. The molecule has 0 bridgehead atoms. The molecule has 0 saturated carbocycles. The van der Waals surface area contributed by atoms with E-state index >= 15 is 0 Å². The number of amides is 2. The number of hydrogen-bond acceptors (Lipinski definition) is 7. The van der Waals surface area contributed by atoms with Crippen LogP contribution in [0.5, 0.6) is 0 Å². The number of likely N-dealkylation sites (N-methyl/N-ethyl adjacent to an activating group) is 2. The standard InChI is InChI=1S/C22H29N7O3S/c1-5-13-33-20-24-18(23)17-19(25-20)28(14-16-9-7-6-8-10-16)22(32)29(17)21(31)27(4)12-11-26(3)15(2)30/h6-10H,5,11-14H2,1-4H3,(H2,23,24,25). The third-order valence-corrected chi connectivity index (χ3v) is 6.27. The van der Waals surface area contributed by atoms with E-state index in [2.05, 4.69) is 16.9 Å². The fraction of sp³-hybridized carbons (Fsp3) is 0.409. The third kappa shape index (κ3) is 5.36. The van der Waals surface area contributed by atoms with E-state index in [4.69, 9.17) is 5.73 Å². The van der Waals surface area contributed by atoms with E-state index in [9.17, 15) is 14.4 Å². The van der Waals surface area contributed by atoms with Gasteiger partial charge in [0.25, 0.3) is 0 Å². The molecule has 176 valence electrons. The Morgan fingerprint density at radius 2 is 1.76 bits per heavy atom. The van der Waals surface area contributed by atoms with Gasteiger partial charge >= 0.3 is 11.7 Å². The molecule has 0 radical (unpaired) electrons. The van der Waals surface area contributed by atoms with Crippen LogP contribution in [0.25, 0.3) is 11.2 Å². The normalized spacial score (nSPS) is 11.0. The average Bonchev–Trinajstić information content (AvgIpc) is 3.07. The summed E-state index contributed by atoms with van der Waals surface area (Å²) in [6.45, 7) is 4.32. The molecule has 0 aliphatic rings. The van der Waals surface area contributed by atoms with Crippen LogP contribution in [0.3, 0.4) is 0 Å². The van der Waals surface area contributed by atoms with Gasteiger partial charge in [-0.05, 0) is 12.0 Å². The molecule has 3 aromatic rings. The zero-order valence-corrected chi connectivity index (χ0v) is 20.1. The summed E-state index contributed by atoms with van der Waals surface area (Å²) in [5.41, 5.74) is 7.10. The second-order valence-electron chi connectivity index (χ2n) is 7.75. The van der Waals surface area contributed by atoms with E-state index in [0.717, 1.165) is 22.3 Å². The molecule has 2 aromatic heterocycles. The molecule has 0 saturated heterocycles. The maximum absolute atomic E-state index is 13.4. The van der Waals surface area contributed by atoms with Gasteiger partial charge in [0, 0.05) is 39.9 Å². The topological polar surface area (TPSA) is 119 Å². The molecule has 2 heterocycles. The Labute approximate surface area is 196 Å². The first-order valence-corrected chi connectivity index (χ1v) is 11.7. The van der Waals surface area contributed by atoms with Crippen molar-refractivity contribution in [3.8, 4) is 0 Å². The number of hydrogen-bond donors (Lipinski definition) is 1. The van der Waals surface area contributed by atoms with Crippen molar-refractivity contribution < 1.29 is 9.59 Å². The van der Waals surface area contributed by atoms with E-state index in [1.54, 1.807) is 14.1 Å². The zero-order valence-electron chi connectivity index (χ0n) is 19.3. The monoisotopic (exact) mass is 471 g/mol. The van der Waals surface area contributed by atoms with E-state index in [0.29, 0.717) is 17.3 Å². The Bertz CT molecular complexity index is 1210. The molecule has 0 spiro atoms. The lowest BCUT2D eigenvalue weighted by atomic mass is 10.2. The first-order chi connectivity index (χ1) is 15.7. The Hall–Kier alpha value is -3.34. The number of nitrogens with zero attached hydrogens (tertiary/aromatic N) is 6. The number of carbonyl (C=O) groups excluding carboxylic acids is 2. The molecule has 3 rings (SSSR count). The van der Waals surface area contributed by atoms with Crippen molar-refractivity contribution in [2.75, 3.05) is 38.7 Å². The molecule has 10 nitrogen and oxygen atoms in total.